The van der Waals surface area contributed by atoms with Crippen molar-refractivity contribution in [1.82, 2.24) is 18.7 Å². The molecular formula is C20H21N5O3. The predicted octanol–water partition coefficient (Wildman–Crippen LogP) is 1.06. The number of aliphatic hydroxyl groups is 1. The number of hydrogen-bond donors (Lipinski definition) is 2. The van der Waals surface area contributed by atoms with Gasteiger partial charge >= 0.3 is 5.69 Å². The van der Waals surface area contributed by atoms with Crippen LogP contribution in [0.3, 0.4) is 0 Å². The van der Waals surface area contributed by atoms with Crippen molar-refractivity contribution in [3.8, 4) is 0 Å². The zero-order valence-corrected chi connectivity index (χ0v) is 15.7. The maximum absolute atomic E-state index is 12.5. The highest BCUT2D eigenvalue weighted by molar-refractivity contribution is 5.93. The smallest absolute Gasteiger partial charge is 0.332 e. The van der Waals surface area contributed by atoms with Gasteiger partial charge < -0.3 is 15.0 Å². The van der Waals surface area contributed by atoms with E-state index in [0.29, 0.717) is 17.7 Å². The van der Waals surface area contributed by atoms with Crippen molar-refractivity contribution in [2.24, 2.45) is 14.1 Å². The fourth-order valence-corrected chi connectivity index (χ4v) is 3.43. The van der Waals surface area contributed by atoms with Gasteiger partial charge in [0.2, 0.25) is 0 Å². The van der Waals surface area contributed by atoms with Crippen LogP contribution in [0.1, 0.15) is 0 Å². The van der Waals surface area contributed by atoms with E-state index in [2.05, 4.69) is 10.3 Å². The Bertz CT molecular complexity index is 1280. The lowest BCUT2D eigenvalue weighted by molar-refractivity contribution is 0.168. The predicted molar refractivity (Wildman–Crippen MR) is 109 cm³/mol. The van der Waals surface area contributed by atoms with Gasteiger partial charge in [-0.3, -0.25) is 13.9 Å². The molecule has 0 saturated carbocycles. The van der Waals surface area contributed by atoms with E-state index in [-0.39, 0.29) is 6.54 Å². The van der Waals surface area contributed by atoms with Gasteiger partial charge in [-0.25, -0.2) is 9.78 Å². The van der Waals surface area contributed by atoms with Crippen molar-refractivity contribution in [3.63, 3.8) is 0 Å². The lowest BCUT2D eigenvalue weighted by Crippen LogP contribution is -2.38. The van der Waals surface area contributed by atoms with E-state index in [0.717, 1.165) is 21.0 Å². The average molecular weight is 379 g/mol. The minimum atomic E-state index is -0.752. The van der Waals surface area contributed by atoms with E-state index in [1.54, 1.807) is 11.6 Å². The summed E-state index contributed by atoms with van der Waals surface area (Å²) in [6, 6.07) is 14.0. The number of nitrogens with one attached hydrogen (secondary N) is 1. The first-order valence-corrected chi connectivity index (χ1v) is 8.98. The molecule has 8 heteroatoms. The molecule has 2 N–H and O–H groups in total. The lowest BCUT2D eigenvalue weighted by Gasteiger charge is -2.15. The summed E-state index contributed by atoms with van der Waals surface area (Å²) in [4.78, 5) is 28.7. The maximum atomic E-state index is 12.5. The van der Waals surface area contributed by atoms with Crippen LogP contribution >= 0.6 is 0 Å². The Morgan fingerprint density at radius 2 is 1.82 bits per heavy atom. The summed E-state index contributed by atoms with van der Waals surface area (Å²) in [7, 11) is 3.00. The van der Waals surface area contributed by atoms with Gasteiger partial charge in [0.1, 0.15) is 0 Å². The molecule has 1 atom stereocenters. The van der Waals surface area contributed by atoms with Crippen LogP contribution in [-0.2, 0) is 20.6 Å². The van der Waals surface area contributed by atoms with E-state index in [4.69, 9.17) is 0 Å². The molecule has 0 aliphatic carbocycles. The Balaban J connectivity index is 1.57. The molecule has 0 saturated heterocycles. The fourth-order valence-electron chi connectivity index (χ4n) is 3.43. The zero-order valence-electron chi connectivity index (χ0n) is 15.7. The van der Waals surface area contributed by atoms with Gasteiger partial charge in [-0.1, -0.05) is 36.4 Å². The number of aliphatic hydroxyl groups excluding tert-OH is 1. The quantitative estimate of drug-likeness (QED) is 0.541. The molecule has 0 aliphatic heterocycles. The molecule has 8 nitrogen and oxygen atoms in total. The van der Waals surface area contributed by atoms with Crippen molar-refractivity contribution in [3.05, 3.63) is 69.6 Å². The second kappa shape index (κ2) is 6.97. The topological polar surface area (TPSA) is 94.1 Å². The van der Waals surface area contributed by atoms with Crippen LogP contribution < -0.4 is 16.6 Å². The number of nitrogens with zero attached hydrogens (tertiary/aromatic N) is 4. The van der Waals surface area contributed by atoms with E-state index in [1.807, 2.05) is 42.5 Å². The second-order valence-electron chi connectivity index (χ2n) is 6.84. The number of anilines is 1. The Hall–Kier alpha value is -3.39. The number of rotatable bonds is 5. The van der Waals surface area contributed by atoms with Crippen LogP contribution in [0.15, 0.2) is 58.4 Å². The minimum Gasteiger partial charge on any atom is -0.389 e. The number of imidazole rings is 1. The largest absolute Gasteiger partial charge is 0.389 e. The van der Waals surface area contributed by atoms with E-state index < -0.39 is 17.4 Å². The molecule has 0 bridgehead atoms. The number of benzene rings is 2. The highest BCUT2D eigenvalue weighted by atomic mass is 16.3. The van der Waals surface area contributed by atoms with Crippen LogP contribution in [0.4, 0.5) is 5.69 Å². The first-order valence-electron chi connectivity index (χ1n) is 8.98. The molecule has 0 fully saturated rings. The first kappa shape index (κ1) is 18.0. The van der Waals surface area contributed by atoms with Gasteiger partial charge in [-0.15, -0.1) is 0 Å². The normalized spacial score (nSPS) is 12.5. The molecule has 0 amide bonds. The molecule has 0 radical (unpaired) electrons. The third-order valence-corrected chi connectivity index (χ3v) is 4.94. The molecule has 2 heterocycles. The van der Waals surface area contributed by atoms with Gasteiger partial charge in [0.15, 0.2) is 11.2 Å². The zero-order chi connectivity index (χ0) is 19.8. The van der Waals surface area contributed by atoms with E-state index in [1.165, 1.54) is 17.9 Å². The highest BCUT2D eigenvalue weighted by Gasteiger charge is 2.16. The lowest BCUT2D eigenvalue weighted by atomic mass is 10.1. The molecule has 4 rings (SSSR count). The third kappa shape index (κ3) is 2.97. The van der Waals surface area contributed by atoms with Gasteiger partial charge in [-0.2, -0.15) is 0 Å². The SMILES string of the molecule is Cn1c(=O)c2c(ncn2C[C@@H](O)CNc2cccc3ccccc23)n(C)c1=O. The van der Waals surface area contributed by atoms with Crippen molar-refractivity contribution >= 4 is 27.6 Å². The van der Waals surface area contributed by atoms with Crippen molar-refractivity contribution in [1.29, 1.82) is 0 Å². The number of aromatic nitrogens is 4. The molecule has 0 aliphatic rings. The van der Waals surface area contributed by atoms with Crippen LogP contribution in [0.25, 0.3) is 21.9 Å². The number of hydrogen-bond acceptors (Lipinski definition) is 5. The summed E-state index contributed by atoms with van der Waals surface area (Å²) < 4.78 is 3.96. The summed E-state index contributed by atoms with van der Waals surface area (Å²) in [5.41, 5.74) is 0.688. The summed E-state index contributed by atoms with van der Waals surface area (Å²) in [6.45, 7) is 0.488. The summed E-state index contributed by atoms with van der Waals surface area (Å²) in [5.74, 6) is 0. The molecule has 28 heavy (non-hydrogen) atoms. The fraction of sp³-hybridized carbons (Fsp3) is 0.250. The van der Waals surface area contributed by atoms with Gasteiger partial charge in [0.25, 0.3) is 5.56 Å². The molecular weight excluding hydrogens is 358 g/mol. The molecule has 2 aromatic carbocycles. The molecule has 0 unspecified atom stereocenters. The van der Waals surface area contributed by atoms with Crippen LogP contribution in [-0.4, -0.2) is 36.4 Å². The molecule has 2 aromatic heterocycles. The van der Waals surface area contributed by atoms with E-state index in [9.17, 15) is 14.7 Å². The highest BCUT2D eigenvalue weighted by Crippen LogP contribution is 2.22. The second-order valence-corrected chi connectivity index (χ2v) is 6.84. The summed E-state index contributed by atoms with van der Waals surface area (Å²) >= 11 is 0. The standard InChI is InChI=1S/C20H21N5O3/c1-23-18-17(19(27)24(2)20(23)28)25(12-22-18)11-14(26)10-21-16-9-5-7-13-6-3-4-8-15(13)16/h3-9,12,14,21,26H,10-11H2,1-2H3/t14-/m0/s1. The van der Waals surface area contributed by atoms with Crippen LogP contribution in [0.2, 0.25) is 0 Å². The molecule has 0 spiro atoms. The summed E-state index contributed by atoms with van der Waals surface area (Å²) in [5, 5.41) is 16.0. The van der Waals surface area contributed by atoms with Crippen LogP contribution in [0.5, 0.6) is 0 Å². The van der Waals surface area contributed by atoms with Crippen molar-refractivity contribution < 1.29 is 5.11 Å². The minimum absolute atomic E-state index is 0.182. The number of fused-ring (bicyclic) bond motifs is 2. The Morgan fingerprint density at radius 3 is 2.64 bits per heavy atom. The Labute approximate surface area is 160 Å². The first-order chi connectivity index (χ1) is 13.5. The molecule has 144 valence electrons. The van der Waals surface area contributed by atoms with Crippen LogP contribution in [0, 0.1) is 0 Å². The van der Waals surface area contributed by atoms with Crippen molar-refractivity contribution in [2.45, 2.75) is 12.6 Å². The maximum Gasteiger partial charge on any atom is 0.332 e. The average Bonchev–Trinajstić information content (AvgIpc) is 3.12. The van der Waals surface area contributed by atoms with Gasteiger partial charge in [0, 0.05) is 31.7 Å². The monoisotopic (exact) mass is 379 g/mol. The third-order valence-electron chi connectivity index (χ3n) is 4.94. The van der Waals surface area contributed by atoms with Gasteiger partial charge in [-0.05, 0) is 11.5 Å². The summed E-state index contributed by atoms with van der Waals surface area (Å²) in [6.07, 6.45) is 0.727. The Kier molecular flexibility index (Phi) is 4.48. The van der Waals surface area contributed by atoms with E-state index >= 15 is 0 Å². The van der Waals surface area contributed by atoms with Crippen molar-refractivity contribution in [2.75, 3.05) is 11.9 Å². The van der Waals surface area contributed by atoms with Gasteiger partial charge in [0.05, 0.1) is 19.0 Å². The number of aryl methyl sites for hydroxylation is 1. The Morgan fingerprint density at radius 1 is 1.07 bits per heavy atom. The molecule has 4 aromatic rings.